The van der Waals surface area contributed by atoms with Crippen LogP contribution in [0.2, 0.25) is 0 Å². The number of benzene rings is 6. The zero-order valence-corrected chi connectivity index (χ0v) is 43.7. The molecule has 2 amide bonds. The third-order valence-electron chi connectivity index (χ3n) is 15.3. The van der Waals surface area contributed by atoms with Gasteiger partial charge in [-0.25, -0.2) is 14.9 Å². The van der Waals surface area contributed by atoms with Crippen molar-refractivity contribution in [2.24, 2.45) is 0 Å². The lowest BCUT2D eigenvalue weighted by atomic mass is 9.91. The molecule has 0 atom stereocenters. The molecular weight excluding hydrogens is 919 g/mol. The summed E-state index contributed by atoms with van der Waals surface area (Å²) in [6.45, 7) is 17.7. The molecule has 0 fully saturated rings. The molecule has 75 heavy (non-hydrogen) atoms. The molecular formula is C68H59N5O2. The summed E-state index contributed by atoms with van der Waals surface area (Å²) in [5.41, 5.74) is 21.9. The number of anilines is 1. The van der Waals surface area contributed by atoms with Crippen molar-refractivity contribution in [2.75, 3.05) is 4.90 Å². The second-order valence-corrected chi connectivity index (χ2v) is 21.4. The topological polar surface area (TPSA) is 94.7 Å². The molecule has 9 aromatic rings. The molecule has 7 heteroatoms. The van der Waals surface area contributed by atoms with Crippen LogP contribution in [0.15, 0.2) is 164 Å². The number of carbonyl (C=O) groups excluding carboxylic acids is 2. The summed E-state index contributed by atoms with van der Waals surface area (Å²) in [6.07, 6.45) is 4.29. The fourth-order valence-electron chi connectivity index (χ4n) is 11.0. The first-order valence-corrected chi connectivity index (χ1v) is 26.3. The first-order valence-electron chi connectivity index (χ1n) is 26.3. The quantitative estimate of drug-likeness (QED) is 0.141. The van der Waals surface area contributed by atoms with Gasteiger partial charge in [0.2, 0.25) is 0 Å². The van der Waals surface area contributed by atoms with Gasteiger partial charge in [0, 0.05) is 55.4 Å². The number of amides is 2. The van der Waals surface area contributed by atoms with Crippen molar-refractivity contribution in [1.82, 2.24) is 19.9 Å². The first-order chi connectivity index (χ1) is 36.3. The van der Waals surface area contributed by atoms with E-state index in [4.69, 9.17) is 9.97 Å². The number of H-pyrrole nitrogens is 2. The monoisotopic (exact) mass is 977 g/mol. The Balaban J connectivity index is 1.26. The van der Waals surface area contributed by atoms with Crippen LogP contribution in [0.25, 0.3) is 101 Å². The summed E-state index contributed by atoms with van der Waals surface area (Å²) in [6, 6.07) is 56.8. The van der Waals surface area contributed by atoms with Gasteiger partial charge in [-0.2, -0.15) is 0 Å². The first kappa shape index (κ1) is 47.3. The van der Waals surface area contributed by atoms with Gasteiger partial charge >= 0.3 is 0 Å². The average Bonchev–Trinajstić information content (AvgIpc) is 4.30. The number of fused-ring (bicyclic) bond motifs is 12. The zero-order chi connectivity index (χ0) is 51.8. The Morgan fingerprint density at radius 1 is 0.360 bits per heavy atom. The van der Waals surface area contributed by atoms with Crippen LogP contribution in [0.4, 0.5) is 5.69 Å². The summed E-state index contributed by atoms with van der Waals surface area (Å²) in [7, 11) is 0. The largest absolute Gasteiger partial charge is 0.354 e. The maximum atomic E-state index is 14.7. The van der Waals surface area contributed by atoms with Gasteiger partial charge in [-0.05, 0) is 129 Å². The third kappa shape index (κ3) is 8.24. The van der Waals surface area contributed by atoms with Crippen molar-refractivity contribution in [3.8, 4) is 67.0 Å². The number of para-hydroxylation sites is 1. The molecule has 0 aliphatic carbocycles. The van der Waals surface area contributed by atoms with Crippen molar-refractivity contribution in [3.05, 3.63) is 209 Å². The number of nitrogens with one attached hydrogen (secondary N) is 2. The Morgan fingerprint density at radius 2 is 0.680 bits per heavy atom. The molecule has 6 aromatic carbocycles. The van der Waals surface area contributed by atoms with Gasteiger partial charge < -0.3 is 9.97 Å². The number of imide groups is 1. The number of hydrogen-bond acceptors (Lipinski definition) is 4. The van der Waals surface area contributed by atoms with Gasteiger partial charge in [0.05, 0.1) is 39.6 Å². The van der Waals surface area contributed by atoms with E-state index in [2.05, 4.69) is 199 Å². The van der Waals surface area contributed by atoms with Gasteiger partial charge in [-0.15, -0.1) is 0 Å². The summed E-state index contributed by atoms with van der Waals surface area (Å²) in [4.78, 5) is 50.0. The highest BCUT2D eigenvalue weighted by molar-refractivity contribution is 6.35. The van der Waals surface area contributed by atoms with Crippen LogP contribution >= 0.6 is 0 Å². The normalized spacial score (nSPS) is 13.0. The second kappa shape index (κ2) is 18.7. The van der Waals surface area contributed by atoms with Crippen LogP contribution in [0.5, 0.6) is 0 Å². The number of aromatic amines is 2. The molecule has 368 valence electrons. The fraction of sp³-hybridized carbons (Fsp3) is 0.176. The molecule has 7 nitrogen and oxygen atoms in total. The van der Waals surface area contributed by atoms with Gasteiger partial charge in [-0.1, -0.05) is 171 Å². The summed E-state index contributed by atoms with van der Waals surface area (Å²) in [5, 5.41) is 0. The predicted octanol–water partition coefficient (Wildman–Crippen LogP) is 17.8. The Hall–Kier alpha value is -8.68. The van der Waals surface area contributed by atoms with E-state index in [9.17, 15) is 9.59 Å². The highest BCUT2D eigenvalue weighted by atomic mass is 16.2. The van der Waals surface area contributed by atoms with E-state index in [0.29, 0.717) is 51.9 Å². The molecule has 3 aromatic heterocycles. The Kier molecular flexibility index (Phi) is 11.8. The molecule has 3 aliphatic heterocycles. The standard InChI is InChI=1S/C68H59N5O2/c1-38(2)42-14-22-46(23-15-42)61-55-30-31-56(69-55)62(47-24-16-43(17-25-47)39(3)4)58-33-35-60(71-58)64(49-28-20-45(21-29-49)41(7)8)66-52-37-54-53(67(74)73(68(54)75)50-12-10-9-11-13-50)36-51(52)65(72-66)63(59-34-32-57(61)70-59)48-26-18-44(19-27-48)40(5)6/h9-41,70-71H,1-8H3. The van der Waals surface area contributed by atoms with Gasteiger partial charge in [0.25, 0.3) is 11.8 Å². The lowest BCUT2D eigenvalue weighted by molar-refractivity contribution is 0.0926. The van der Waals surface area contributed by atoms with Gasteiger partial charge in [-0.3, -0.25) is 9.59 Å². The van der Waals surface area contributed by atoms with Crippen molar-refractivity contribution in [1.29, 1.82) is 0 Å². The Bertz CT molecular complexity index is 3710. The number of nitrogens with zero attached hydrogens (tertiary/aromatic N) is 3. The molecule has 8 bridgehead atoms. The van der Waals surface area contributed by atoms with Crippen LogP contribution in [0, 0.1) is 0 Å². The highest BCUT2D eigenvalue weighted by Crippen LogP contribution is 2.49. The van der Waals surface area contributed by atoms with E-state index in [1.807, 2.05) is 30.3 Å². The van der Waals surface area contributed by atoms with E-state index in [0.717, 1.165) is 89.1 Å². The van der Waals surface area contributed by atoms with Crippen molar-refractivity contribution in [2.45, 2.75) is 79.1 Å². The minimum Gasteiger partial charge on any atom is -0.354 e. The maximum Gasteiger partial charge on any atom is 0.266 e. The van der Waals surface area contributed by atoms with Crippen LogP contribution in [0.1, 0.15) is 133 Å². The van der Waals surface area contributed by atoms with Crippen molar-refractivity contribution >= 4 is 51.7 Å². The highest BCUT2D eigenvalue weighted by Gasteiger charge is 2.39. The van der Waals surface area contributed by atoms with Crippen LogP contribution in [-0.4, -0.2) is 31.8 Å². The molecule has 0 saturated heterocycles. The zero-order valence-electron chi connectivity index (χ0n) is 43.7. The van der Waals surface area contributed by atoms with Crippen molar-refractivity contribution < 1.29 is 9.59 Å². The molecule has 6 heterocycles. The SMILES string of the molecule is CC(C)c1ccc(-c2c3nc(c(-c4ccc(C(C)C)cc4)c4ccc([nH]4)c(-c4ccc(C(C)C)cc4)c4nc(c(-c5ccc(C(C)C)cc5)c5ccc2[nH]5)-c2cc5c(cc2-4)C(=O)N(c2ccccc2)C5=O)C=C3)cc1. The molecule has 12 rings (SSSR count). The van der Waals surface area contributed by atoms with E-state index < -0.39 is 0 Å². The molecule has 0 radical (unpaired) electrons. The number of carbonyl (C=O) groups is 2. The van der Waals surface area contributed by atoms with Gasteiger partial charge in [0.15, 0.2) is 0 Å². The lowest BCUT2D eigenvalue weighted by Gasteiger charge is -2.13. The Morgan fingerprint density at radius 3 is 1.01 bits per heavy atom. The molecule has 0 unspecified atom stereocenters. The van der Waals surface area contributed by atoms with Crippen LogP contribution in [-0.2, 0) is 0 Å². The third-order valence-corrected chi connectivity index (χ3v) is 15.3. The van der Waals surface area contributed by atoms with E-state index in [1.165, 1.54) is 27.2 Å². The predicted molar refractivity (Wildman–Crippen MR) is 310 cm³/mol. The minimum atomic E-state index is -0.365. The minimum absolute atomic E-state index is 0.324. The van der Waals surface area contributed by atoms with E-state index in [1.54, 1.807) is 12.1 Å². The molecule has 2 N–H and O–H groups in total. The lowest BCUT2D eigenvalue weighted by Crippen LogP contribution is -2.29. The Labute approximate surface area is 438 Å². The summed E-state index contributed by atoms with van der Waals surface area (Å²) >= 11 is 0. The summed E-state index contributed by atoms with van der Waals surface area (Å²) in [5.74, 6) is 0.661. The van der Waals surface area contributed by atoms with Crippen molar-refractivity contribution in [3.63, 3.8) is 0 Å². The molecule has 0 spiro atoms. The van der Waals surface area contributed by atoms with Crippen LogP contribution < -0.4 is 4.90 Å². The number of rotatable bonds is 9. The maximum absolute atomic E-state index is 14.7. The summed E-state index contributed by atoms with van der Waals surface area (Å²) < 4.78 is 0. The number of hydrogen-bond donors (Lipinski definition) is 2. The average molecular weight is 978 g/mol. The van der Waals surface area contributed by atoms with E-state index in [-0.39, 0.29) is 11.8 Å². The fourth-order valence-corrected chi connectivity index (χ4v) is 11.0. The van der Waals surface area contributed by atoms with Gasteiger partial charge in [0.1, 0.15) is 0 Å². The number of aromatic nitrogens is 4. The molecule has 3 aliphatic rings. The molecule has 0 saturated carbocycles. The van der Waals surface area contributed by atoms with Crippen LogP contribution in [0.3, 0.4) is 0 Å². The van der Waals surface area contributed by atoms with E-state index >= 15 is 0 Å². The smallest absolute Gasteiger partial charge is 0.266 e. The second-order valence-electron chi connectivity index (χ2n) is 21.4.